The molecule has 0 amide bonds. The second-order valence-corrected chi connectivity index (χ2v) is 3.36. The molecule has 0 spiro atoms. The van der Waals surface area contributed by atoms with E-state index < -0.39 is 12.2 Å². The Labute approximate surface area is 88.1 Å². The summed E-state index contributed by atoms with van der Waals surface area (Å²) in [6.45, 7) is 1.54. The maximum Gasteiger partial charge on any atom is 0.140 e. The Hall–Kier alpha value is -1.01. The number of rotatable bonds is 1. The number of aliphatic hydroxyl groups excluding tert-OH is 2. The number of aliphatic hydroxyl groups is 2. The van der Waals surface area contributed by atoms with Gasteiger partial charge in [0.1, 0.15) is 12.2 Å². The third kappa shape index (κ3) is 3.39. The minimum absolute atomic E-state index is 0.556. The number of benzene rings is 1. The van der Waals surface area contributed by atoms with Crippen LogP contribution in [-0.2, 0) is 0 Å². The zero-order chi connectivity index (χ0) is 10.6. The van der Waals surface area contributed by atoms with Crippen molar-refractivity contribution in [2.75, 3.05) is 0 Å². The summed E-state index contributed by atoms with van der Waals surface area (Å²) in [4.78, 5) is 0. The molecule has 2 atom stereocenters. The Kier molecular flexibility index (Phi) is 3.97. The number of hydrogen-bond acceptors (Lipinski definition) is 2. The van der Waals surface area contributed by atoms with Gasteiger partial charge in [-0.2, -0.15) is 0 Å². The topological polar surface area (TPSA) is 40.5 Å². The highest BCUT2D eigenvalue weighted by molar-refractivity contribution is 6.30. The van der Waals surface area contributed by atoms with Crippen molar-refractivity contribution in [2.24, 2.45) is 0 Å². The van der Waals surface area contributed by atoms with E-state index in [2.05, 4.69) is 11.8 Å². The lowest BCUT2D eigenvalue weighted by atomic mass is 10.1. The molecule has 0 aromatic heterocycles. The molecule has 14 heavy (non-hydrogen) atoms. The second-order valence-electron chi connectivity index (χ2n) is 2.92. The van der Waals surface area contributed by atoms with Gasteiger partial charge in [0.2, 0.25) is 0 Å². The van der Waals surface area contributed by atoms with Gasteiger partial charge in [0.25, 0.3) is 0 Å². The molecule has 0 bridgehead atoms. The molecule has 0 heterocycles. The Morgan fingerprint density at radius 2 is 2.00 bits per heavy atom. The van der Waals surface area contributed by atoms with Crippen LogP contribution in [-0.4, -0.2) is 16.3 Å². The molecule has 1 aromatic rings. The van der Waals surface area contributed by atoms with E-state index in [1.165, 1.54) is 6.92 Å². The monoisotopic (exact) mass is 210 g/mol. The van der Waals surface area contributed by atoms with E-state index in [1.54, 1.807) is 24.3 Å². The summed E-state index contributed by atoms with van der Waals surface area (Å²) < 4.78 is 0. The standard InChI is InChI=1S/C11H11ClO2/c1-8(13)5-6-11(14)9-3-2-4-10(12)7-9/h2-4,7-8,11,13-14H,1H3. The van der Waals surface area contributed by atoms with Crippen molar-refractivity contribution in [3.05, 3.63) is 34.9 Å². The van der Waals surface area contributed by atoms with Crippen molar-refractivity contribution in [2.45, 2.75) is 19.1 Å². The highest BCUT2D eigenvalue weighted by Gasteiger charge is 2.03. The van der Waals surface area contributed by atoms with E-state index in [1.807, 2.05) is 0 Å². The van der Waals surface area contributed by atoms with E-state index in [-0.39, 0.29) is 0 Å². The van der Waals surface area contributed by atoms with Gasteiger partial charge < -0.3 is 10.2 Å². The molecule has 0 aliphatic carbocycles. The van der Waals surface area contributed by atoms with Crippen molar-refractivity contribution in [3.8, 4) is 11.8 Å². The minimum Gasteiger partial charge on any atom is -0.381 e. The molecule has 0 fully saturated rings. The Morgan fingerprint density at radius 1 is 1.29 bits per heavy atom. The van der Waals surface area contributed by atoms with E-state index in [0.29, 0.717) is 10.6 Å². The molecule has 2 nitrogen and oxygen atoms in total. The molecule has 0 radical (unpaired) electrons. The van der Waals surface area contributed by atoms with Crippen LogP contribution < -0.4 is 0 Å². The van der Waals surface area contributed by atoms with E-state index in [4.69, 9.17) is 16.7 Å². The Morgan fingerprint density at radius 3 is 2.57 bits per heavy atom. The molecule has 0 saturated carbocycles. The van der Waals surface area contributed by atoms with Gasteiger partial charge in [0.15, 0.2) is 0 Å². The zero-order valence-corrected chi connectivity index (χ0v) is 8.49. The third-order valence-electron chi connectivity index (χ3n) is 1.59. The lowest BCUT2D eigenvalue weighted by Gasteiger charge is -2.03. The van der Waals surface area contributed by atoms with Crippen LogP contribution in [0.2, 0.25) is 5.02 Å². The highest BCUT2D eigenvalue weighted by Crippen LogP contribution is 2.16. The van der Waals surface area contributed by atoms with Crippen molar-refractivity contribution >= 4 is 11.6 Å². The molecule has 74 valence electrons. The first kappa shape index (κ1) is 11.1. The van der Waals surface area contributed by atoms with Crippen LogP contribution in [0.5, 0.6) is 0 Å². The minimum atomic E-state index is -0.900. The summed E-state index contributed by atoms with van der Waals surface area (Å²) in [5.41, 5.74) is 0.630. The van der Waals surface area contributed by atoms with Crippen LogP contribution >= 0.6 is 11.6 Å². The van der Waals surface area contributed by atoms with Gasteiger partial charge in [-0.1, -0.05) is 35.6 Å². The molecular weight excluding hydrogens is 200 g/mol. The SMILES string of the molecule is CC(O)C#CC(O)c1cccc(Cl)c1. The van der Waals surface area contributed by atoms with Crippen LogP contribution in [0.25, 0.3) is 0 Å². The normalized spacial score (nSPS) is 14.0. The van der Waals surface area contributed by atoms with Gasteiger partial charge in [-0.15, -0.1) is 0 Å². The van der Waals surface area contributed by atoms with Crippen LogP contribution in [0.15, 0.2) is 24.3 Å². The highest BCUT2D eigenvalue weighted by atomic mass is 35.5. The summed E-state index contributed by atoms with van der Waals surface area (Å²) in [6, 6.07) is 6.83. The second kappa shape index (κ2) is 5.02. The first-order valence-electron chi connectivity index (χ1n) is 4.22. The Bertz CT molecular complexity index is 363. The van der Waals surface area contributed by atoms with Gasteiger partial charge in [-0.05, 0) is 24.6 Å². The van der Waals surface area contributed by atoms with Crippen LogP contribution in [0.3, 0.4) is 0 Å². The first-order valence-corrected chi connectivity index (χ1v) is 4.60. The molecular formula is C11H11ClO2. The number of hydrogen-bond donors (Lipinski definition) is 2. The average molecular weight is 211 g/mol. The summed E-state index contributed by atoms with van der Waals surface area (Å²) >= 11 is 5.74. The fourth-order valence-electron chi connectivity index (χ4n) is 0.960. The van der Waals surface area contributed by atoms with Gasteiger partial charge >= 0.3 is 0 Å². The smallest absolute Gasteiger partial charge is 0.140 e. The van der Waals surface area contributed by atoms with Crippen LogP contribution in [0.4, 0.5) is 0 Å². The molecule has 0 aliphatic rings. The predicted octanol–water partition coefficient (Wildman–Crippen LogP) is 1.76. The summed E-state index contributed by atoms with van der Waals surface area (Å²) in [6.07, 6.45) is -1.63. The molecule has 2 N–H and O–H groups in total. The molecule has 3 heteroatoms. The van der Waals surface area contributed by atoms with Gasteiger partial charge in [0, 0.05) is 5.02 Å². The summed E-state index contributed by atoms with van der Waals surface area (Å²) in [5.74, 6) is 5.00. The maximum atomic E-state index is 9.55. The first-order chi connectivity index (χ1) is 6.59. The quantitative estimate of drug-likeness (QED) is 0.694. The van der Waals surface area contributed by atoms with Crippen LogP contribution in [0.1, 0.15) is 18.6 Å². The lowest BCUT2D eigenvalue weighted by molar-refractivity contribution is 0.233. The van der Waals surface area contributed by atoms with Crippen molar-refractivity contribution in [1.29, 1.82) is 0 Å². The predicted molar refractivity (Wildman–Crippen MR) is 55.9 cm³/mol. The van der Waals surface area contributed by atoms with Crippen molar-refractivity contribution in [3.63, 3.8) is 0 Å². The fraction of sp³-hybridized carbons (Fsp3) is 0.273. The average Bonchev–Trinajstić information content (AvgIpc) is 2.14. The van der Waals surface area contributed by atoms with Crippen LogP contribution in [0, 0.1) is 11.8 Å². The zero-order valence-electron chi connectivity index (χ0n) is 7.74. The van der Waals surface area contributed by atoms with Gasteiger partial charge in [-0.3, -0.25) is 0 Å². The third-order valence-corrected chi connectivity index (χ3v) is 1.83. The van der Waals surface area contributed by atoms with E-state index in [9.17, 15) is 5.11 Å². The van der Waals surface area contributed by atoms with Gasteiger partial charge in [-0.25, -0.2) is 0 Å². The summed E-state index contributed by atoms with van der Waals surface area (Å²) in [7, 11) is 0. The van der Waals surface area contributed by atoms with Crippen molar-refractivity contribution in [1.82, 2.24) is 0 Å². The number of halogens is 1. The molecule has 1 rings (SSSR count). The molecule has 0 saturated heterocycles. The maximum absolute atomic E-state index is 9.55. The molecule has 1 aromatic carbocycles. The van der Waals surface area contributed by atoms with E-state index >= 15 is 0 Å². The van der Waals surface area contributed by atoms with Gasteiger partial charge in [0.05, 0.1) is 0 Å². The Balaban J connectivity index is 2.81. The summed E-state index contributed by atoms with van der Waals surface area (Å²) in [5, 5.41) is 19.0. The lowest BCUT2D eigenvalue weighted by Crippen LogP contribution is -1.97. The largest absolute Gasteiger partial charge is 0.381 e. The molecule has 0 aliphatic heterocycles. The fourth-order valence-corrected chi connectivity index (χ4v) is 1.16. The molecule has 2 unspecified atom stereocenters. The van der Waals surface area contributed by atoms with E-state index in [0.717, 1.165) is 0 Å². The van der Waals surface area contributed by atoms with Crippen molar-refractivity contribution < 1.29 is 10.2 Å².